The van der Waals surface area contributed by atoms with Crippen LogP contribution in [0.2, 0.25) is 5.02 Å². The van der Waals surface area contributed by atoms with Crippen molar-refractivity contribution in [3.63, 3.8) is 0 Å². The van der Waals surface area contributed by atoms with Crippen LogP contribution in [-0.4, -0.2) is 14.8 Å². The second-order valence-corrected chi connectivity index (χ2v) is 6.20. The SMILES string of the molecule is Clc1ccc(-n2cncn2)c(NCc2cc(Br)c(Br)o2)c1. The van der Waals surface area contributed by atoms with Crippen LogP contribution < -0.4 is 5.32 Å². The minimum Gasteiger partial charge on any atom is -0.451 e. The maximum atomic E-state index is 6.07. The fraction of sp³-hybridized carbons (Fsp3) is 0.0769. The Balaban J connectivity index is 1.86. The average molecular weight is 433 g/mol. The average Bonchev–Trinajstić information content (AvgIpc) is 3.08. The number of rotatable bonds is 4. The molecule has 0 saturated carbocycles. The van der Waals surface area contributed by atoms with Gasteiger partial charge in [0.2, 0.25) is 0 Å². The highest BCUT2D eigenvalue weighted by atomic mass is 79.9. The Morgan fingerprint density at radius 2 is 2.14 bits per heavy atom. The monoisotopic (exact) mass is 430 g/mol. The summed E-state index contributed by atoms with van der Waals surface area (Å²) in [5.74, 6) is 0.790. The Morgan fingerprint density at radius 3 is 2.81 bits per heavy atom. The van der Waals surface area contributed by atoms with Gasteiger partial charge < -0.3 is 9.73 Å². The number of anilines is 1. The van der Waals surface area contributed by atoms with Crippen LogP contribution >= 0.6 is 43.5 Å². The molecular weight excluding hydrogens is 423 g/mol. The normalized spacial score (nSPS) is 10.8. The molecule has 3 aromatic rings. The van der Waals surface area contributed by atoms with E-state index in [4.69, 9.17) is 16.0 Å². The van der Waals surface area contributed by atoms with Crippen LogP contribution in [0.4, 0.5) is 5.69 Å². The number of furan rings is 1. The molecule has 108 valence electrons. The van der Waals surface area contributed by atoms with E-state index in [1.54, 1.807) is 11.0 Å². The largest absolute Gasteiger partial charge is 0.451 e. The van der Waals surface area contributed by atoms with Gasteiger partial charge in [-0.25, -0.2) is 9.67 Å². The maximum Gasteiger partial charge on any atom is 0.183 e. The molecule has 0 aliphatic carbocycles. The predicted octanol–water partition coefficient (Wildman–Crippen LogP) is 4.65. The third-order valence-corrected chi connectivity index (χ3v) is 4.72. The molecule has 1 N–H and O–H groups in total. The first-order valence-corrected chi connectivity index (χ1v) is 7.92. The molecule has 2 aromatic heterocycles. The molecule has 21 heavy (non-hydrogen) atoms. The maximum absolute atomic E-state index is 6.07. The molecule has 5 nitrogen and oxygen atoms in total. The zero-order chi connectivity index (χ0) is 14.8. The lowest BCUT2D eigenvalue weighted by molar-refractivity contribution is 0.494. The van der Waals surface area contributed by atoms with Gasteiger partial charge in [-0.2, -0.15) is 5.10 Å². The first-order valence-electron chi connectivity index (χ1n) is 5.95. The van der Waals surface area contributed by atoms with Gasteiger partial charge >= 0.3 is 0 Å². The summed E-state index contributed by atoms with van der Waals surface area (Å²) in [4.78, 5) is 3.96. The minimum absolute atomic E-state index is 0.520. The van der Waals surface area contributed by atoms with Crippen molar-refractivity contribution in [2.75, 3.05) is 5.32 Å². The Morgan fingerprint density at radius 1 is 1.29 bits per heavy atom. The molecule has 0 atom stereocenters. The number of benzene rings is 1. The summed E-state index contributed by atoms with van der Waals surface area (Å²) in [5, 5.41) is 8.07. The van der Waals surface area contributed by atoms with E-state index in [1.165, 1.54) is 6.33 Å². The van der Waals surface area contributed by atoms with Crippen molar-refractivity contribution in [1.29, 1.82) is 0 Å². The van der Waals surface area contributed by atoms with Crippen molar-refractivity contribution in [2.45, 2.75) is 6.54 Å². The minimum atomic E-state index is 0.520. The van der Waals surface area contributed by atoms with Gasteiger partial charge in [0, 0.05) is 5.02 Å². The molecule has 0 bridgehead atoms. The van der Waals surface area contributed by atoms with Gasteiger partial charge in [0.15, 0.2) is 4.67 Å². The topological polar surface area (TPSA) is 55.9 Å². The summed E-state index contributed by atoms with van der Waals surface area (Å²) in [6.07, 6.45) is 3.12. The number of hydrogen-bond donors (Lipinski definition) is 1. The quantitative estimate of drug-likeness (QED) is 0.652. The van der Waals surface area contributed by atoms with E-state index in [0.29, 0.717) is 16.2 Å². The second kappa shape index (κ2) is 6.21. The summed E-state index contributed by atoms with van der Waals surface area (Å²) in [6.45, 7) is 0.520. The van der Waals surface area contributed by atoms with Crippen molar-refractivity contribution in [2.24, 2.45) is 0 Å². The Hall–Kier alpha value is -1.31. The van der Waals surface area contributed by atoms with E-state index in [-0.39, 0.29) is 0 Å². The first-order chi connectivity index (χ1) is 10.1. The summed E-state index contributed by atoms with van der Waals surface area (Å²) >= 11 is 12.8. The highest BCUT2D eigenvalue weighted by molar-refractivity contribution is 9.13. The molecule has 2 heterocycles. The molecule has 3 rings (SSSR count). The fourth-order valence-corrected chi connectivity index (χ4v) is 2.67. The van der Waals surface area contributed by atoms with E-state index >= 15 is 0 Å². The van der Waals surface area contributed by atoms with Crippen LogP contribution in [0, 0.1) is 0 Å². The van der Waals surface area contributed by atoms with Gasteiger partial charge in [0.1, 0.15) is 18.4 Å². The van der Waals surface area contributed by atoms with Crippen LogP contribution in [0.25, 0.3) is 5.69 Å². The molecular formula is C13H9Br2ClN4O. The highest BCUT2D eigenvalue weighted by Crippen LogP contribution is 2.28. The molecule has 1 aromatic carbocycles. The molecule has 8 heteroatoms. The van der Waals surface area contributed by atoms with Crippen LogP contribution in [-0.2, 0) is 6.54 Å². The predicted molar refractivity (Wildman–Crippen MR) is 87.8 cm³/mol. The molecule has 0 saturated heterocycles. The number of nitrogens with zero attached hydrogens (tertiary/aromatic N) is 3. The van der Waals surface area contributed by atoms with Crippen LogP contribution in [0.3, 0.4) is 0 Å². The van der Waals surface area contributed by atoms with Gasteiger partial charge in [-0.3, -0.25) is 0 Å². The Kier molecular flexibility index (Phi) is 4.32. The van der Waals surface area contributed by atoms with E-state index < -0.39 is 0 Å². The van der Waals surface area contributed by atoms with Gasteiger partial charge in [-0.05, 0) is 56.1 Å². The number of hydrogen-bond acceptors (Lipinski definition) is 4. The summed E-state index contributed by atoms with van der Waals surface area (Å²) in [7, 11) is 0. The molecule has 0 spiro atoms. The first kappa shape index (κ1) is 14.6. The smallest absolute Gasteiger partial charge is 0.183 e. The lowest BCUT2D eigenvalue weighted by atomic mass is 10.2. The van der Waals surface area contributed by atoms with Crippen molar-refractivity contribution in [3.8, 4) is 5.69 Å². The molecule has 0 unspecified atom stereocenters. The van der Waals surface area contributed by atoms with E-state index in [0.717, 1.165) is 21.6 Å². The van der Waals surface area contributed by atoms with Gasteiger partial charge in [-0.15, -0.1) is 0 Å². The second-order valence-electron chi connectivity index (χ2n) is 4.19. The van der Waals surface area contributed by atoms with Crippen molar-refractivity contribution >= 4 is 49.1 Å². The fourth-order valence-electron chi connectivity index (χ4n) is 1.84. The van der Waals surface area contributed by atoms with Crippen LogP contribution in [0.1, 0.15) is 5.76 Å². The molecule has 0 radical (unpaired) electrons. The standard InChI is InChI=1S/C13H9Br2ClN4O/c14-10-4-9(21-13(10)15)5-18-11-3-8(16)1-2-12(11)20-7-17-6-19-20/h1-4,6-7,18H,5H2. The Bertz CT molecular complexity index is 738. The molecule has 0 fully saturated rings. The van der Waals surface area contributed by atoms with E-state index in [9.17, 15) is 0 Å². The number of halogens is 3. The lowest BCUT2D eigenvalue weighted by Crippen LogP contribution is -2.04. The van der Waals surface area contributed by atoms with Crippen molar-refractivity contribution < 1.29 is 4.42 Å². The third-order valence-electron chi connectivity index (χ3n) is 2.77. The highest BCUT2D eigenvalue weighted by Gasteiger charge is 2.09. The van der Waals surface area contributed by atoms with E-state index in [2.05, 4.69) is 47.3 Å². The molecule has 0 aliphatic heterocycles. The van der Waals surface area contributed by atoms with Gasteiger partial charge in [0.05, 0.1) is 22.4 Å². The summed E-state index contributed by atoms with van der Waals surface area (Å²) in [5.41, 5.74) is 1.71. The number of aromatic nitrogens is 3. The molecule has 0 amide bonds. The van der Waals surface area contributed by atoms with Crippen molar-refractivity contribution in [1.82, 2.24) is 14.8 Å². The molecule has 0 aliphatic rings. The van der Waals surface area contributed by atoms with E-state index in [1.807, 2.05) is 24.3 Å². The third kappa shape index (κ3) is 3.30. The van der Waals surface area contributed by atoms with Crippen LogP contribution in [0.15, 0.2) is 50.5 Å². The zero-order valence-corrected chi connectivity index (χ0v) is 14.5. The summed E-state index contributed by atoms with van der Waals surface area (Å²) in [6, 6.07) is 7.43. The van der Waals surface area contributed by atoms with Crippen molar-refractivity contribution in [3.05, 3.63) is 56.8 Å². The summed E-state index contributed by atoms with van der Waals surface area (Å²) < 4.78 is 8.75. The zero-order valence-electron chi connectivity index (χ0n) is 10.6. The number of nitrogens with one attached hydrogen (secondary N) is 1. The lowest BCUT2D eigenvalue weighted by Gasteiger charge is -2.11. The van der Waals surface area contributed by atoms with Crippen LogP contribution in [0.5, 0.6) is 0 Å². The Labute approximate surface area is 142 Å². The van der Waals surface area contributed by atoms with Gasteiger partial charge in [0.25, 0.3) is 0 Å². The van der Waals surface area contributed by atoms with Gasteiger partial charge in [-0.1, -0.05) is 11.6 Å².